The lowest BCUT2D eigenvalue weighted by molar-refractivity contribution is 0.0741. The van der Waals surface area contributed by atoms with E-state index < -0.39 is 0 Å². The first-order chi connectivity index (χ1) is 16.9. The topological polar surface area (TPSA) is 73.5 Å². The summed E-state index contributed by atoms with van der Waals surface area (Å²) in [5.74, 6) is 1.89. The number of aromatic nitrogens is 2. The number of benzene rings is 2. The smallest absolute Gasteiger partial charge is 0.253 e. The highest BCUT2D eigenvalue weighted by Gasteiger charge is 2.18. The van der Waals surface area contributed by atoms with Crippen LogP contribution in [0.1, 0.15) is 50.9 Å². The molecule has 0 aliphatic carbocycles. The zero-order chi connectivity index (χ0) is 24.8. The SMILES string of the molecule is CC(C)CCN(CCC(C)C)C(=O)c1ccc2nc(Nc3ccc(N4CCOCC4)cc3)[nH]c2c1. The number of rotatable bonds is 10. The van der Waals surface area contributed by atoms with Crippen LogP contribution in [0.15, 0.2) is 42.5 Å². The first-order valence-electron chi connectivity index (χ1n) is 12.9. The summed E-state index contributed by atoms with van der Waals surface area (Å²) < 4.78 is 5.44. The number of amides is 1. The average molecular weight is 478 g/mol. The van der Waals surface area contributed by atoms with Crippen molar-refractivity contribution in [3.05, 3.63) is 48.0 Å². The van der Waals surface area contributed by atoms with Crippen molar-refractivity contribution >= 4 is 34.3 Å². The van der Waals surface area contributed by atoms with Crippen molar-refractivity contribution in [1.29, 1.82) is 0 Å². The summed E-state index contributed by atoms with van der Waals surface area (Å²) in [6, 6.07) is 14.1. The Balaban J connectivity index is 1.45. The van der Waals surface area contributed by atoms with Crippen LogP contribution in [0, 0.1) is 11.8 Å². The normalized spacial score (nSPS) is 14.2. The standard InChI is InChI=1S/C28H39N5O2/c1-20(2)11-13-33(14-12-21(3)4)27(34)22-5-10-25-26(19-22)31-28(30-25)29-23-6-8-24(9-7-23)32-15-17-35-18-16-32/h5-10,19-21H,11-18H2,1-4H3,(H2,29,30,31). The number of hydrogen-bond donors (Lipinski definition) is 2. The number of fused-ring (bicyclic) bond motifs is 1. The maximum Gasteiger partial charge on any atom is 0.253 e. The lowest BCUT2D eigenvalue weighted by Gasteiger charge is -2.28. The Labute approximate surface area is 208 Å². The van der Waals surface area contributed by atoms with Crippen molar-refractivity contribution in [1.82, 2.24) is 14.9 Å². The molecular weight excluding hydrogens is 438 g/mol. The molecule has 7 heteroatoms. The number of H-pyrrole nitrogens is 1. The van der Waals surface area contributed by atoms with E-state index >= 15 is 0 Å². The third-order valence-electron chi connectivity index (χ3n) is 6.48. The van der Waals surface area contributed by atoms with Gasteiger partial charge >= 0.3 is 0 Å². The van der Waals surface area contributed by atoms with Crippen LogP contribution in [-0.2, 0) is 4.74 Å². The van der Waals surface area contributed by atoms with Gasteiger partial charge in [-0.3, -0.25) is 4.79 Å². The fourth-order valence-electron chi connectivity index (χ4n) is 4.24. The zero-order valence-corrected chi connectivity index (χ0v) is 21.5. The molecule has 4 rings (SSSR count). The molecule has 1 aromatic heterocycles. The minimum absolute atomic E-state index is 0.0935. The van der Waals surface area contributed by atoms with E-state index in [0.29, 0.717) is 23.3 Å². The van der Waals surface area contributed by atoms with Crippen LogP contribution in [0.25, 0.3) is 11.0 Å². The van der Waals surface area contributed by atoms with Crippen molar-refractivity contribution in [3.63, 3.8) is 0 Å². The van der Waals surface area contributed by atoms with Gasteiger partial charge in [0.15, 0.2) is 0 Å². The number of nitrogens with zero attached hydrogens (tertiary/aromatic N) is 3. The number of morpholine rings is 1. The van der Waals surface area contributed by atoms with E-state index in [1.807, 2.05) is 23.1 Å². The van der Waals surface area contributed by atoms with Gasteiger partial charge in [0.05, 0.1) is 24.2 Å². The molecule has 2 N–H and O–H groups in total. The second kappa shape index (κ2) is 11.6. The predicted octanol–water partition coefficient (Wildman–Crippen LogP) is 5.68. The zero-order valence-electron chi connectivity index (χ0n) is 21.5. The number of hydrogen-bond acceptors (Lipinski definition) is 5. The number of carbonyl (C=O) groups excluding carboxylic acids is 1. The number of anilines is 3. The Morgan fingerprint density at radius 3 is 2.31 bits per heavy atom. The third kappa shape index (κ3) is 6.75. The van der Waals surface area contributed by atoms with Crippen molar-refractivity contribution in [2.75, 3.05) is 49.6 Å². The van der Waals surface area contributed by atoms with Crippen molar-refractivity contribution in [2.45, 2.75) is 40.5 Å². The highest BCUT2D eigenvalue weighted by molar-refractivity contribution is 5.97. The molecule has 3 aromatic rings. The number of carbonyl (C=O) groups is 1. The third-order valence-corrected chi connectivity index (χ3v) is 6.48. The van der Waals surface area contributed by atoms with E-state index in [4.69, 9.17) is 4.74 Å². The van der Waals surface area contributed by atoms with Crippen molar-refractivity contribution in [3.8, 4) is 0 Å². The molecule has 0 spiro atoms. The Kier molecular flexibility index (Phi) is 8.29. The van der Waals surface area contributed by atoms with Gasteiger partial charge in [-0.1, -0.05) is 27.7 Å². The molecule has 188 valence electrons. The van der Waals surface area contributed by atoms with E-state index in [-0.39, 0.29) is 5.91 Å². The average Bonchev–Trinajstić information content (AvgIpc) is 3.26. The highest BCUT2D eigenvalue weighted by atomic mass is 16.5. The maximum atomic E-state index is 13.3. The number of ether oxygens (including phenoxy) is 1. The quantitative estimate of drug-likeness (QED) is 0.393. The van der Waals surface area contributed by atoms with E-state index in [9.17, 15) is 4.79 Å². The van der Waals surface area contributed by atoms with Gasteiger partial charge in [-0.2, -0.15) is 0 Å². The molecule has 1 fully saturated rings. The molecule has 0 bridgehead atoms. The van der Waals surface area contributed by atoms with Gasteiger partial charge in [-0.25, -0.2) is 4.98 Å². The molecule has 0 radical (unpaired) electrons. The molecular formula is C28H39N5O2. The molecule has 1 aliphatic heterocycles. The van der Waals surface area contributed by atoms with Crippen LogP contribution in [-0.4, -0.2) is 60.2 Å². The molecule has 7 nitrogen and oxygen atoms in total. The summed E-state index contributed by atoms with van der Waals surface area (Å²) in [6.45, 7) is 13.8. The molecule has 1 aliphatic rings. The van der Waals surface area contributed by atoms with Crippen LogP contribution < -0.4 is 10.2 Å². The predicted molar refractivity (Wildman–Crippen MR) is 144 cm³/mol. The van der Waals surface area contributed by atoms with E-state index in [2.05, 4.69) is 72.1 Å². The van der Waals surface area contributed by atoms with Crippen molar-refractivity contribution < 1.29 is 9.53 Å². The Morgan fingerprint density at radius 2 is 1.69 bits per heavy atom. The maximum absolute atomic E-state index is 13.3. The first kappa shape index (κ1) is 25.0. The summed E-state index contributed by atoms with van der Waals surface area (Å²) in [7, 11) is 0. The Bertz CT molecular complexity index is 1090. The van der Waals surface area contributed by atoms with Crippen LogP contribution in [0.4, 0.5) is 17.3 Å². The van der Waals surface area contributed by atoms with Gasteiger partial charge in [-0.05, 0) is 67.1 Å². The van der Waals surface area contributed by atoms with Crippen LogP contribution in [0.5, 0.6) is 0 Å². The Morgan fingerprint density at radius 1 is 1.03 bits per heavy atom. The second-order valence-electron chi connectivity index (χ2n) is 10.2. The molecule has 1 saturated heterocycles. The van der Waals surface area contributed by atoms with Gasteiger partial charge in [0, 0.05) is 43.1 Å². The minimum Gasteiger partial charge on any atom is -0.378 e. The largest absolute Gasteiger partial charge is 0.378 e. The van der Waals surface area contributed by atoms with E-state index in [1.165, 1.54) is 5.69 Å². The lowest BCUT2D eigenvalue weighted by atomic mass is 10.1. The Hall–Kier alpha value is -3.06. The summed E-state index contributed by atoms with van der Waals surface area (Å²) in [5, 5.41) is 3.36. The molecule has 2 heterocycles. The number of imidazole rings is 1. The fraction of sp³-hybridized carbons (Fsp3) is 0.500. The van der Waals surface area contributed by atoms with Crippen molar-refractivity contribution in [2.24, 2.45) is 11.8 Å². The van der Waals surface area contributed by atoms with Gasteiger partial charge < -0.3 is 24.8 Å². The van der Waals surface area contributed by atoms with E-state index in [0.717, 1.165) is 69.0 Å². The number of nitrogens with one attached hydrogen (secondary N) is 2. The fourth-order valence-corrected chi connectivity index (χ4v) is 4.24. The van der Waals surface area contributed by atoms with Gasteiger partial charge in [0.2, 0.25) is 5.95 Å². The monoisotopic (exact) mass is 477 g/mol. The lowest BCUT2D eigenvalue weighted by Crippen LogP contribution is -2.36. The molecule has 1 amide bonds. The molecule has 0 unspecified atom stereocenters. The summed E-state index contributed by atoms with van der Waals surface area (Å²) in [6.07, 6.45) is 2.02. The van der Waals surface area contributed by atoms with Gasteiger partial charge in [0.1, 0.15) is 0 Å². The molecule has 2 aromatic carbocycles. The molecule has 0 saturated carbocycles. The van der Waals surface area contributed by atoms with E-state index in [1.54, 1.807) is 0 Å². The van der Waals surface area contributed by atoms with Crippen LogP contribution in [0.2, 0.25) is 0 Å². The molecule has 35 heavy (non-hydrogen) atoms. The minimum atomic E-state index is 0.0935. The summed E-state index contributed by atoms with van der Waals surface area (Å²) in [5.41, 5.74) is 4.56. The van der Waals surface area contributed by atoms with Crippen LogP contribution >= 0.6 is 0 Å². The summed E-state index contributed by atoms with van der Waals surface area (Å²) >= 11 is 0. The first-order valence-corrected chi connectivity index (χ1v) is 12.9. The van der Waals surface area contributed by atoms with Crippen LogP contribution in [0.3, 0.4) is 0 Å². The van der Waals surface area contributed by atoms with Gasteiger partial charge in [0.25, 0.3) is 5.91 Å². The highest BCUT2D eigenvalue weighted by Crippen LogP contribution is 2.23. The summed E-state index contributed by atoms with van der Waals surface area (Å²) in [4.78, 5) is 25.7. The second-order valence-corrected chi connectivity index (χ2v) is 10.2. The number of aromatic amines is 1. The molecule has 0 atom stereocenters. The van der Waals surface area contributed by atoms with Gasteiger partial charge in [-0.15, -0.1) is 0 Å².